The molecule has 0 spiro atoms. The second kappa shape index (κ2) is 8.13. The van der Waals surface area contributed by atoms with Crippen molar-refractivity contribution in [1.82, 2.24) is 9.21 Å². The van der Waals surface area contributed by atoms with Crippen LogP contribution in [0.4, 0.5) is 5.69 Å². The highest BCUT2D eigenvalue weighted by atomic mass is 32.2. The molecular formula is C21H33N3O3S. The van der Waals surface area contributed by atoms with Crippen molar-refractivity contribution < 1.29 is 13.2 Å². The van der Waals surface area contributed by atoms with E-state index in [-0.39, 0.29) is 11.3 Å². The molecule has 156 valence electrons. The maximum Gasteiger partial charge on any atom is 0.245 e. The summed E-state index contributed by atoms with van der Waals surface area (Å²) in [5.74, 6) is -0.129. The van der Waals surface area contributed by atoms with Crippen LogP contribution in [-0.2, 0) is 20.2 Å². The number of rotatable bonds is 8. The molecule has 7 heteroatoms. The Bertz CT molecular complexity index is 799. The maximum absolute atomic E-state index is 12.9. The lowest BCUT2D eigenvalue weighted by molar-refractivity contribution is -0.123. The maximum atomic E-state index is 12.9. The summed E-state index contributed by atoms with van der Waals surface area (Å²) in [5, 5.41) is 0. The molecule has 0 bridgehead atoms. The first-order valence-corrected chi connectivity index (χ1v) is 12.1. The second-order valence-electron chi connectivity index (χ2n) is 8.22. The van der Waals surface area contributed by atoms with Crippen LogP contribution >= 0.6 is 0 Å². The Labute approximate surface area is 169 Å². The number of carbonyl (C=O) groups excluding carboxylic acids is 1. The van der Waals surface area contributed by atoms with E-state index in [1.807, 2.05) is 12.1 Å². The quantitative estimate of drug-likeness (QED) is 0.664. The predicted molar refractivity (Wildman–Crippen MR) is 113 cm³/mol. The minimum absolute atomic E-state index is 0.129. The number of nitrogens with zero attached hydrogens (tertiary/aromatic N) is 3. The Morgan fingerprint density at radius 1 is 1.14 bits per heavy atom. The SMILES string of the molecule is CCN(CC)CC1(c2ccc(N3CCCC(N(C)S(C)(=O)=O)C3=O)cc2)CC1. The molecule has 1 aromatic rings. The lowest BCUT2D eigenvalue weighted by atomic mass is 9.94. The van der Waals surface area contributed by atoms with Crippen molar-refractivity contribution in [3.8, 4) is 0 Å². The van der Waals surface area contributed by atoms with Crippen molar-refractivity contribution >= 4 is 21.6 Å². The van der Waals surface area contributed by atoms with Gasteiger partial charge in [0.2, 0.25) is 15.9 Å². The van der Waals surface area contributed by atoms with Crippen molar-refractivity contribution in [2.24, 2.45) is 0 Å². The molecular weight excluding hydrogens is 374 g/mol. The fourth-order valence-electron chi connectivity index (χ4n) is 4.24. The third kappa shape index (κ3) is 4.26. The summed E-state index contributed by atoms with van der Waals surface area (Å²) in [6.07, 6.45) is 4.95. The highest BCUT2D eigenvalue weighted by molar-refractivity contribution is 7.88. The molecule has 1 atom stereocenters. The standard InChI is InChI=1S/C21H33N3O3S/c1-5-23(6-2)16-21(13-14-21)17-9-11-18(12-10-17)24-15-7-8-19(20(24)25)22(3)28(4,26)27/h9-12,19H,5-8,13-16H2,1-4H3. The molecule has 1 aromatic carbocycles. The number of amides is 1. The van der Waals surface area contributed by atoms with Gasteiger partial charge in [-0.25, -0.2) is 8.42 Å². The molecule has 1 aliphatic heterocycles. The van der Waals surface area contributed by atoms with Crippen molar-refractivity contribution in [1.29, 1.82) is 0 Å². The topological polar surface area (TPSA) is 60.9 Å². The van der Waals surface area contributed by atoms with Gasteiger partial charge < -0.3 is 9.80 Å². The lowest BCUT2D eigenvalue weighted by Crippen LogP contribution is -2.52. The average Bonchev–Trinajstić information content (AvgIpc) is 3.46. The summed E-state index contributed by atoms with van der Waals surface area (Å²) in [5.41, 5.74) is 2.46. The molecule has 6 nitrogen and oxygen atoms in total. The largest absolute Gasteiger partial charge is 0.311 e. The highest BCUT2D eigenvalue weighted by Crippen LogP contribution is 2.49. The van der Waals surface area contributed by atoms with Crippen LogP contribution < -0.4 is 4.90 Å². The molecule has 1 unspecified atom stereocenters. The summed E-state index contributed by atoms with van der Waals surface area (Å²) in [6, 6.07) is 7.75. The van der Waals surface area contributed by atoms with Gasteiger partial charge in [0.25, 0.3) is 0 Å². The van der Waals surface area contributed by atoms with Gasteiger partial charge in [-0.2, -0.15) is 4.31 Å². The molecule has 0 aromatic heterocycles. The third-order valence-corrected chi connectivity index (χ3v) is 7.74. The van der Waals surface area contributed by atoms with E-state index >= 15 is 0 Å². The highest BCUT2D eigenvalue weighted by Gasteiger charge is 2.45. The van der Waals surface area contributed by atoms with Crippen molar-refractivity contribution in [2.75, 3.05) is 44.4 Å². The molecule has 3 rings (SSSR count). The molecule has 28 heavy (non-hydrogen) atoms. The zero-order valence-corrected chi connectivity index (χ0v) is 18.3. The number of benzene rings is 1. The second-order valence-corrected chi connectivity index (χ2v) is 10.3. The van der Waals surface area contributed by atoms with Crippen LogP contribution in [0.5, 0.6) is 0 Å². The first kappa shape index (κ1) is 21.3. The Balaban J connectivity index is 1.75. The van der Waals surface area contributed by atoms with Crippen molar-refractivity contribution in [3.63, 3.8) is 0 Å². The number of sulfonamides is 1. The smallest absolute Gasteiger partial charge is 0.245 e. The summed E-state index contributed by atoms with van der Waals surface area (Å²) in [7, 11) is -1.90. The van der Waals surface area contributed by atoms with E-state index in [0.29, 0.717) is 13.0 Å². The fraction of sp³-hybridized carbons (Fsp3) is 0.667. The van der Waals surface area contributed by atoms with Gasteiger partial charge in [-0.3, -0.25) is 4.79 Å². The van der Waals surface area contributed by atoms with E-state index in [9.17, 15) is 13.2 Å². The van der Waals surface area contributed by atoms with Crippen LogP contribution in [0.1, 0.15) is 45.1 Å². The molecule has 2 fully saturated rings. The van der Waals surface area contributed by atoms with Gasteiger partial charge >= 0.3 is 0 Å². The lowest BCUT2D eigenvalue weighted by Gasteiger charge is -2.36. The Kier molecular flexibility index (Phi) is 6.17. The molecule has 0 N–H and O–H groups in total. The summed E-state index contributed by atoms with van der Waals surface area (Å²) in [4.78, 5) is 17.2. The summed E-state index contributed by atoms with van der Waals surface area (Å²) in [6.45, 7) is 8.25. The Morgan fingerprint density at radius 3 is 2.25 bits per heavy atom. The number of hydrogen-bond donors (Lipinski definition) is 0. The van der Waals surface area contributed by atoms with E-state index in [2.05, 4.69) is 30.9 Å². The molecule has 1 aliphatic carbocycles. The van der Waals surface area contributed by atoms with Crippen LogP contribution in [0, 0.1) is 0 Å². The fourth-order valence-corrected chi connectivity index (χ4v) is 4.90. The van der Waals surface area contributed by atoms with E-state index in [1.165, 1.54) is 29.8 Å². The van der Waals surface area contributed by atoms with E-state index < -0.39 is 16.1 Å². The van der Waals surface area contributed by atoms with Gasteiger partial charge in [-0.15, -0.1) is 0 Å². The molecule has 0 radical (unpaired) electrons. The Hall–Kier alpha value is -1.44. The van der Waals surface area contributed by atoms with Crippen LogP contribution in [0.15, 0.2) is 24.3 Å². The number of anilines is 1. The van der Waals surface area contributed by atoms with Gasteiger partial charge in [-0.1, -0.05) is 26.0 Å². The first-order chi connectivity index (χ1) is 13.2. The van der Waals surface area contributed by atoms with Gasteiger partial charge in [0.1, 0.15) is 6.04 Å². The number of hydrogen-bond acceptors (Lipinski definition) is 4. The normalized spacial score (nSPS) is 22.1. The van der Waals surface area contributed by atoms with E-state index in [4.69, 9.17) is 0 Å². The van der Waals surface area contributed by atoms with Crippen molar-refractivity contribution in [3.05, 3.63) is 29.8 Å². The molecule has 1 saturated heterocycles. The minimum Gasteiger partial charge on any atom is -0.311 e. The molecule has 2 aliphatic rings. The van der Waals surface area contributed by atoms with Crippen LogP contribution in [0.3, 0.4) is 0 Å². The molecule has 1 saturated carbocycles. The zero-order chi connectivity index (χ0) is 20.5. The van der Waals surface area contributed by atoms with Crippen LogP contribution in [-0.4, -0.2) is 69.1 Å². The Morgan fingerprint density at radius 2 is 1.75 bits per heavy atom. The van der Waals surface area contributed by atoms with Gasteiger partial charge in [-0.05, 0) is 56.5 Å². The van der Waals surface area contributed by atoms with Gasteiger partial charge in [0.15, 0.2) is 0 Å². The van der Waals surface area contributed by atoms with E-state index in [0.717, 1.165) is 38.0 Å². The van der Waals surface area contributed by atoms with Crippen LogP contribution in [0.25, 0.3) is 0 Å². The minimum atomic E-state index is -3.39. The van der Waals surface area contributed by atoms with E-state index in [1.54, 1.807) is 4.90 Å². The molecule has 1 amide bonds. The number of piperidine rings is 1. The molecule has 1 heterocycles. The first-order valence-electron chi connectivity index (χ1n) is 10.3. The predicted octanol–water partition coefficient (Wildman–Crippen LogP) is 2.45. The van der Waals surface area contributed by atoms with Crippen molar-refractivity contribution in [2.45, 2.75) is 51.0 Å². The monoisotopic (exact) mass is 407 g/mol. The summed E-state index contributed by atoms with van der Waals surface area (Å²) < 4.78 is 24.9. The summed E-state index contributed by atoms with van der Waals surface area (Å²) >= 11 is 0. The average molecular weight is 408 g/mol. The number of carbonyl (C=O) groups is 1. The number of likely N-dealkylation sites (N-methyl/N-ethyl adjacent to an activating group) is 2. The third-order valence-electron chi connectivity index (χ3n) is 6.44. The van der Waals surface area contributed by atoms with Gasteiger partial charge in [0.05, 0.1) is 6.26 Å². The van der Waals surface area contributed by atoms with Gasteiger partial charge in [0, 0.05) is 31.2 Å². The zero-order valence-electron chi connectivity index (χ0n) is 17.5. The van der Waals surface area contributed by atoms with Crippen LogP contribution in [0.2, 0.25) is 0 Å².